The maximum Gasteiger partial charge on any atom is 0.311 e. The van der Waals surface area contributed by atoms with Crippen LogP contribution in [0, 0.1) is 5.92 Å². The Morgan fingerprint density at radius 1 is 0.949 bits per heavy atom. The van der Waals surface area contributed by atoms with E-state index in [9.17, 15) is 9.59 Å². The first-order valence-electron chi connectivity index (χ1n) is 14.2. The molecular formula is C31H42N2O6. The zero-order valence-electron chi connectivity index (χ0n) is 23.7. The Morgan fingerprint density at radius 2 is 1.62 bits per heavy atom. The van der Waals surface area contributed by atoms with Crippen LogP contribution in [0.2, 0.25) is 0 Å². The van der Waals surface area contributed by atoms with Crippen LogP contribution in [0.4, 0.5) is 0 Å². The molecular weight excluding hydrogens is 496 g/mol. The molecule has 8 heteroatoms. The van der Waals surface area contributed by atoms with Crippen LogP contribution in [0.3, 0.4) is 0 Å². The number of amides is 1. The van der Waals surface area contributed by atoms with Gasteiger partial charge in [0, 0.05) is 31.6 Å². The number of esters is 1. The van der Waals surface area contributed by atoms with Crippen molar-refractivity contribution in [3.63, 3.8) is 0 Å². The van der Waals surface area contributed by atoms with E-state index in [-0.39, 0.29) is 37.2 Å². The van der Waals surface area contributed by atoms with E-state index in [1.807, 2.05) is 54.3 Å². The van der Waals surface area contributed by atoms with E-state index in [2.05, 4.69) is 18.7 Å². The van der Waals surface area contributed by atoms with Gasteiger partial charge in [0.15, 0.2) is 11.5 Å². The second kappa shape index (κ2) is 13.7. The summed E-state index contributed by atoms with van der Waals surface area (Å²) in [7, 11) is 1.63. The quantitative estimate of drug-likeness (QED) is 0.326. The van der Waals surface area contributed by atoms with Crippen molar-refractivity contribution in [2.24, 2.45) is 5.92 Å². The number of hydrogen-bond donors (Lipinski definition) is 0. The number of ether oxygens (including phenoxy) is 4. The fourth-order valence-electron chi connectivity index (χ4n) is 5.63. The highest BCUT2D eigenvalue weighted by Gasteiger charge is 2.49. The largest absolute Gasteiger partial charge is 0.497 e. The molecule has 1 amide bonds. The lowest BCUT2D eigenvalue weighted by Crippen LogP contribution is -2.42. The molecule has 0 saturated carbocycles. The Balaban J connectivity index is 1.71. The van der Waals surface area contributed by atoms with E-state index in [1.165, 1.54) is 0 Å². The third-order valence-corrected chi connectivity index (χ3v) is 7.69. The Labute approximate surface area is 232 Å². The van der Waals surface area contributed by atoms with Gasteiger partial charge in [-0.3, -0.25) is 14.5 Å². The van der Waals surface area contributed by atoms with E-state index >= 15 is 0 Å². The average Bonchev–Trinajstić information content (AvgIpc) is 3.57. The van der Waals surface area contributed by atoms with Gasteiger partial charge >= 0.3 is 5.97 Å². The normalized spacial score (nSPS) is 20.2. The van der Waals surface area contributed by atoms with Gasteiger partial charge in [-0.05, 0) is 55.2 Å². The number of methoxy groups -OCH3 is 1. The Kier molecular flexibility index (Phi) is 10.1. The number of nitrogens with zero attached hydrogens (tertiary/aromatic N) is 2. The molecule has 2 aromatic rings. The Hall–Kier alpha value is -3.26. The van der Waals surface area contributed by atoms with Crippen LogP contribution in [0.15, 0.2) is 42.5 Å². The maximum absolute atomic E-state index is 13.7. The lowest BCUT2D eigenvalue weighted by atomic mass is 9.82. The first kappa shape index (κ1) is 28.7. The fraction of sp³-hybridized carbons (Fsp3) is 0.548. The monoisotopic (exact) mass is 538 g/mol. The summed E-state index contributed by atoms with van der Waals surface area (Å²) in [4.78, 5) is 31.4. The number of hydrogen-bond acceptors (Lipinski definition) is 7. The lowest BCUT2D eigenvalue weighted by Gasteiger charge is -2.30. The third-order valence-electron chi connectivity index (χ3n) is 7.69. The molecule has 1 fully saturated rings. The first-order valence-corrected chi connectivity index (χ1v) is 14.2. The summed E-state index contributed by atoms with van der Waals surface area (Å²) in [5.41, 5.74) is 1.93. The minimum Gasteiger partial charge on any atom is -0.497 e. The van der Waals surface area contributed by atoms with Crippen molar-refractivity contribution < 1.29 is 28.5 Å². The summed E-state index contributed by atoms with van der Waals surface area (Å²) in [6.45, 7) is 8.87. The van der Waals surface area contributed by atoms with Crippen molar-refractivity contribution in [1.82, 2.24) is 9.80 Å². The molecule has 0 radical (unpaired) electrons. The van der Waals surface area contributed by atoms with Gasteiger partial charge in [0.1, 0.15) is 5.75 Å². The molecule has 0 aromatic heterocycles. The molecule has 3 unspecified atom stereocenters. The van der Waals surface area contributed by atoms with E-state index in [0.717, 1.165) is 55.6 Å². The molecule has 0 N–H and O–H groups in total. The van der Waals surface area contributed by atoms with E-state index < -0.39 is 5.92 Å². The van der Waals surface area contributed by atoms with E-state index in [1.54, 1.807) is 7.11 Å². The maximum atomic E-state index is 13.7. The molecule has 212 valence electrons. The minimum atomic E-state index is -0.494. The lowest BCUT2D eigenvalue weighted by molar-refractivity contribution is -0.150. The molecule has 0 aliphatic carbocycles. The Morgan fingerprint density at radius 3 is 2.26 bits per heavy atom. The highest BCUT2D eigenvalue weighted by molar-refractivity contribution is 5.80. The van der Waals surface area contributed by atoms with Gasteiger partial charge in [-0.2, -0.15) is 0 Å². The number of rotatable bonds is 13. The summed E-state index contributed by atoms with van der Waals surface area (Å²) in [5.74, 6) is 1.28. The van der Waals surface area contributed by atoms with Gasteiger partial charge in [-0.1, -0.05) is 44.9 Å². The molecule has 2 aliphatic heterocycles. The Bertz CT molecular complexity index is 1100. The molecule has 2 aliphatic rings. The van der Waals surface area contributed by atoms with Gasteiger partial charge in [-0.25, -0.2) is 0 Å². The predicted octanol–water partition coefficient (Wildman–Crippen LogP) is 5.17. The number of benzene rings is 2. The molecule has 1 saturated heterocycles. The highest BCUT2D eigenvalue weighted by Crippen LogP contribution is 2.48. The van der Waals surface area contributed by atoms with Crippen LogP contribution in [-0.2, 0) is 14.3 Å². The van der Waals surface area contributed by atoms with Crippen molar-refractivity contribution >= 4 is 11.9 Å². The molecule has 0 bridgehead atoms. The zero-order valence-corrected chi connectivity index (χ0v) is 23.7. The first-order chi connectivity index (χ1) is 19.0. The topological polar surface area (TPSA) is 77.5 Å². The SMILES string of the molecule is CCCCN(CCCC)C(=O)CN1CC(c2ccc3c(c2)OCO3)C(C(=O)OCC)C1c1ccc(OC)cc1. The van der Waals surface area contributed by atoms with Crippen LogP contribution in [0.1, 0.15) is 69.5 Å². The molecule has 2 heterocycles. The second-order valence-electron chi connectivity index (χ2n) is 10.2. The van der Waals surface area contributed by atoms with Crippen molar-refractivity contribution in [3.05, 3.63) is 53.6 Å². The smallest absolute Gasteiger partial charge is 0.311 e. The van der Waals surface area contributed by atoms with Crippen molar-refractivity contribution in [1.29, 1.82) is 0 Å². The standard InChI is InChI=1S/C31H42N2O6/c1-5-8-16-32(17-9-6-2)28(34)20-33-19-25(23-12-15-26-27(18-23)39-21-38-26)29(31(35)37-7-3)30(33)22-10-13-24(36-4)14-11-22/h10-15,18,25,29-30H,5-9,16-17,19-21H2,1-4H3. The second-order valence-corrected chi connectivity index (χ2v) is 10.2. The minimum absolute atomic E-state index is 0.101. The molecule has 8 nitrogen and oxygen atoms in total. The summed E-state index contributed by atoms with van der Waals surface area (Å²) in [6, 6.07) is 13.3. The summed E-state index contributed by atoms with van der Waals surface area (Å²) in [5, 5.41) is 0. The summed E-state index contributed by atoms with van der Waals surface area (Å²) < 4.78 is 22.2. The number of carbonyl (C=O) groups is 2. The van der Waals surface area contributed by atoms with E-state index in [4.69, 9.17) is 18.9 Å². The molecule has 4 rings (SSSR count). The van der Waals surface area contributed by atoms with Gasteiger partial charge in [-0.15, -0.1) is 0 Å². The molecule has 0 spiro atoms. The number of fused-ring (bicyclic) bond motifs is 1. The van der Waals surface area contributed by atoms with E-state index in [0.29, 0.717) is 24.7 Å². The molecule has 39 heavy (non-hydrogen) atoms. The average molecular weight is 539 g/mol. The van der Waals surface area contributed by atoms with Crippen LogP contribution < -0.4 is 14.2 Å². The van der Waals surface area contributed by atoms with Crippen molar-refractivity contribution in [2.45, 2.75) is 58.4 Å². The van der Waals surface area contributed by atoms with Gasteiger partial charge < -0.3 is 23.8 Å². The highest BCUT2D eigenvalue weighted by atomic mass is 16.7. The number of unbranched alkanes of at least 4 members (excludes halogenated alkanes) is 2. The van der Waals surface area contributed by atoms with Crippen LogP contribution >= 0.6 is 0 Å². The third kappa shape index (κ3) is 6.67. The molecule has 3 atom stereocenters. The van der Waals surface area contributed by atoms with Gasteiger partial charge in [0.2, 0.25) is 12.7 Å². The number of likely N-dealkylation sites (tertiary alicyclic amines) is 1. The molecule has 2 aromatic carbocycles. The fourth-order valence-corrected chi connectivity index (χ4v) is 5.63. The van der Waals surface area contributed by atoms with Gasteiger partial charge in [0.25, 0.3) is 0 Å². The van der Waals surface area contributed by atoms with Gasteiger partial charge in [0.05, 0.1) is 26.2 Å². The van der Waals surface area contributed by atoms with Crippen LogP contribution in [0.25, 0.3) is 0 Å². The predicted molar refractivity (Wildman–Crippen MR) is 149 cm³/mol. The summed E-state index contributed by atoms with van der Waals surface area (Å²) in [6.07, 6.45) is 4.02. The van der Waals surface area contributed by atoms with Crippen molar-refractivity contribution in [3.8, 4) is 17.2 Å². The van der Waals surface area contributed by atoms with Crippen molar-refractivity contribution in [2.75, 3.05) is 46.7 Å². The zero-order chi connectivity index (χ0) is 27.8. The number of carbonyl (C=O) groups excluding carboxylic acids is 2. The van der Waals surface area contributed by atoms with Crippen LogP contribution in [-0.4, -0.2) is 68.4 Å². The summed E-state index contributed by atoms with van der Waals surface area (Å²) >= 11 is 0. The van der Waals surface area contributed by atoms with Crippen LogP contribution in [0.5, 0.6) is 17.2 Å².